The molecule has 0 saturated heterocycles. The first-order valence-corrected chi connectivity index (χ1v) is 1.63. The number of hydrogen-bond donors (Lipinski definition) is 1. The Labute approximate surface area is 43.8 Å². The van der Waals surface area contributed by atoms with Crippen molar-refractivity contribution in [1.82, 2.24) is 0 Å². The van der Waals surface area contributed by atoms with E-state index in [1.807, 2.05) is 0 Å². The molecule has 0 aliphatic heterocycles. The van der Waals surface area contributed by atoms with Gasteiger partial charge >= 0.3 is 5.97 Å². The summed E-state index contributed by atoms with van der Waals surface area (Å²) in [5.74, 6) is -3.15. The second kappa shape index (κ2) is 2.34. The molecule has 0 fully saturated rings. The Balaban J connectivity index is 4.23. The summed E-state index contributed by atoms with van der Waals surface area (Å²) in [7, 11) is 0. The predicted molar refractivity (Wildman–Crippen MR) is 22.9 cm³/mol. The van der Waals surface area contributed by atoms with Gasteiger partial charge in [-0.3, -0.25) is 4.79 Å². The molecule has 40 valence electrons. The van der Waals surface area contributed by atoms with E-state index in [1.54, 1.807) is 0 Å². The van der Waals surface area contributed by atoms with Gasteiger partial charge in [0.05, 0.1) is 0 Å². The molecule has 0 aromatic carbocycles. The van der Waals surface area contributed by atoms with Crippen molar-refractivity contribution < 1.29 is 17.4 Å². The summed E-state index contributed by atoms with van der Waals surface area (Å²) in [6, 6.07) is 0. The van der Waals surface area contributed by atoms with Gasteiger partial charge < -0.3 is 5.11 Å². The molecule has 0 amide bonds. The molecule has 0 spiro atoms. The zero-order valence-corrected chi connectivity index (χ0v) is 3.76. The third-order valence-electron chi connectivity index (χ3n) is 0.421. The number of carbonyl (C=O) groups is 2. The lowest BCUT2D eigenvalue weighted by Gasteiger charge is -1.80. The largest absolute Gasteiger partial charge is 0.476 e. The summed E-state index contributed by atoms with van der Waals surface area (Å²) in [6.07, 6.45) is -2.26. The van der Waals surface area contributed by atoms with E-state index in [0.717, 1.165) is 6.92 Å². The van der Waals surface area contributed by atoms with Crippen LogP contribution in [0, 0.1) is 0 Å². The molecule has 0 atom stereocenters. The Kier molecular flexibility index (Phi) is 1.06. The highest BCUT2D eigenvalue weighted by molar-refractivity contribution is 6.32. The number of carboxylic acid groups (broad SMARTS) is 1. The van der Waals surface area contributed by atoms with Crippen molar-refractivity contribution in [3.63, 3.8) is 0 Å². The third-order valence-corrected chi connectivity index (χ3v) is 0.421. The molecular weight excluding hydrogens is 97.0 g/mol. The van der Waals surface area contributed by atoms with E-state index in [9.17, 15) is 9.59 Å². The molecule has 0 aromatic rings. The van der Waals surface area contributed by atoms with E-state index < -0.39 is 18.1 Å². The van der Waals surface area contributed by atoms with E-state index in [4.69, 9.17) is 7.85 Å². The number of carbonyl (C=O) groups excluding carboxylic acids is 1. The molecule has 0 aliphatic carbocycles. The summed E-state index contributed by atoms with van der Waals surface area (Å²) in [4.78, 5) is 19.9. The zero-order valence-electron chi connectivity index (χ0n) is 5.76. The second-order valence-electron chi connectivity index (χ2n) is 0.884. The Bertz CT molecular complexity index is 146. The Morgan fingerprint density at radius 2 is 2.29 bits per heavy atom. The molecule has 0 aliphatic rings. The van der Waals surface area contributed by atoms with E-state index >= 15 is 0 Å². The molecule has 7 heavy (non-hydrogen) atoms. The van der Waals surface area contributed by atoms with E-state index in [2.05, 4.69) is 0 Å². The van der Waals surface area contributed by atoms with Crippen molar-refractivity contribution in [3.05, 3.63) is 0 Å². The lowest BCUT2D eigenvalue weighted by molar-refractivity contribution is -0.148. The van der Waals surface area contributed by atoms with Crippen LogP contribution in [0.15, 0.2) is 0 Å². The molecular formula is C4H6O3. The molecule has 0 saturated carbocycles. The van der Waals surface area contributed by atoms with Crippen molar-refractivity contribution in [2.75, 3.05) is 0 Å². The first-order chi connectivity index (χ1) is 3.85. The smallest absolute Gasteiger partial charge is 0.372 e. The van der Waals surface area contributed by atoms with E-state index in [-0.39, 0.29) is 0 Å². The van der Waals surface area contributed by atoms with Gasteiger partial charge in [-0.1, -0.05) is 6.92 Å². The minimum Gasteiger partial charge on any atom is -0.476 e. The molecule has 0 bridgehead atoms. The number of aliphatic carboxylic acids is 1. The Hall–Kier alpha value is -0.860. The van der Waals surface area contributed by atoms with Crippen LogP contribution in [0.3, 0.4) is 0 Å². The first-order valence-electron chi connectivity index (χ1n) is 2.63. The normalized spacial score (nSPS) is 14.4. The summed E-state index contributed by atoms with van der Waals surface area (Å²) in [5.41, 5.74) is 0. The molecule has 0 radical (unpaired) electrons. The van der Waals surface area contributed by atoms with Crippen LogP contribution in [0.25, 0.3) is 0 Å². The molecule has 3 heteroatoms. The van der Waals surface area contributed by atoms with Gasteiger partial charge in [-0.15, -0.1) is 0 Å². The number of rotatable bonds is 2. The summed E-state index contributed by atoms with van der Waals surface area (Å²) in [5, 5.41) is 7.93. The van der Waals surface area contributed by atoms with Crippen molar-refractivity contribution >= 4 is 11.8 Å². The highest BCUT2D eigenvalue weighted by atomic mass is 16.4. The fourth-order valence-electron chi connectivity index (χ4n) is 0.107. The topological polar surface area (TPSA) is 54.4 Å². The number of hydrogen-bond acceptors (Lipinski definition) is 2. The van der Waals surface area contributed by atoms with Gasteiger partial charge in [-0.25, -0.2) is 4.79 Å². The van der Waals surface area contributed by atoms with Gasteiger partial charge in [0.2, 0.25) is 5.78 Å². The molecule has 0 aromatic heterocycles. The fraction of sp³-hybridized carbons (Fsp3) is 0.500. The molecule has 0 rings (SSSR count). The van der Waals surface area contributed by atoms with E-state index in [1.165, 1.54) is 0 Å². The molecule has 0 heterocycles. The lowest BCUT2D eigenvalue weighted by atomic mass is 10.4. The lowest BCUT2D eigenvalue weighted by Crippen LogP contribution is -2.09. The Morgan fingerprint density at radius 1 is 1.86 bits per heavy atom. The van der Waals surface area contributed by atoms with Gasteiger partial charge in [0.15, 0.2) is 0 Å². The number of Topliss-reactive ketones (excluding diaryl/α,β-unsaturated/α-hetero) is 1. The van der Waals surface area contributed by atoms with Crippen LogP contribution in [0.4, 0.5) is 0 Å². The first kappa shape index (κ1) is 3.18. The van der Waals surface area contributed by atoms with Crippen molar-refractivity contribution in [1.29, 1.82) is 0 Å². The van der Waals surface area contributed by atoms with Gasteiger partial charge in [-0.05, 0) is 0 Å². The van der Waals surface area contributed by atoms with Crippen LogP contribution in [0.2, 0.25) is 0 Å². The van der Waals surface area contributed by atoms with Crippen molar-refractivity contribution in [2.24, 2.45) is 0 Å². The van der Waals surface area contributed by atoms with Crippen LogP contribution >= 0.6 is 0 Å². The highest BCUT2D eigenvalue weighted by Gasteiger charge is 2.05. The maximum Gasteiger partial charge on any atom is 0.372 e. The Morgan fingerprint density at radius 3 is 2.29 bits per heavy atom. The fourth-order valence-corrected chi connectivity index (χ4v) is 0.107. The maximum atomic E-state index is 10.2. The second-order valence-corrected chi connectivity index (χ2v) is 0.884. The van der Waals surface area contributed by atoms with Gasteiger partial charge in [-0.2, -0.15) is 0 Å². The van der Waals surface area contributed by atoms with Crippen LogP contribution in [0.1, 0.15) is 16.0 Å². The zero-order chi connectivity index (χ0) is 7.65. The predicted octanol–water partition coefficient (Wildman–Crippen LogP) is 0.0501. The number of carboxylic acids is 1. The minimum atomic E-state index is -2.26. The molecule has 0 unspecified atom stereocenters. The van der Waals surface area contributed by atoms with Gasteiger partial charge in [0, 0.05) is 9.11 Å². The number of ketones is 1. The summed E-state index contributed by atoms with van der Waals surface area (Å²) >= 11 is 0. The average molecular weight is 105 g/mol. The summed E-state index contributed by atoms with van der Waals surface area (Å²) < 4.78 is 13.2. The van der Waals surface area contributed by atoms with Crippen LogP contribution in [0.5, 0.6) is 0 Å². The van der Waals surface area contributed by atoms with Crippen LogP contribution in [-0.4, -0.2) is 16.9 Å². The van der Waals surface area contributed by atoms with Crippen molar-refractivity contribution in [2.45, 2.75) is 13.3 Å². The average Bonchev–Trinajstić information content (AvgIpc) is 1.62. The standard InChI is InChI=1S/C4H6O3/c1-2-3(5)4(6)7/h2H2,1H3,(H,6,7)/i1+1,2D2. The highest BCUT2D eigenvalue weighted by Crippen LogP contribution is 1.76. The van der Waals surface area contributed by atoms with E-state index in [0.29, 0.717) is 0 Å². The van der Waals surface area contributed by atoms with Crippen LogP contribution in [-0.2, 0) is 9.59 Å². The SMILES string of the molecule is [2H]C([2H])([13CH3])C(=O)C(=O)O. The third kappa shape index (κ3) is 1.92. The summed E-state index contributed by atoms with van der Waals surface area (Å²) in [6.45, 7) is 0.906. The van der Waals surface area contributed by atoms with Crippen LogP contribution < -0.4 is 0 Å². The molecule has 3 nitrogen and oxygen atoms in total. The quantitative estimate of drug-likeness (QED) is 0.398. The molecule has 1 N–H and O–H groups in total. The monoisotopic (exact) mass is 105 g/mol. The van der Waals surface area contributed by atoms with Gasteiger partial charge in [0.1, 0.15) is 0 Å². The maximum absolute atomic E-state index is 10.2. The minimum absolute atomic E-state index is 0.906. The van der Waals surface area contributed by atoms with Gasteiger partial charge in [0.25, 0.3) is 0 Å². The van der Waals surface area contributed by atoms with Crippen molar-refractivity contribution in [3.8, 4) is 0 Å².